The van der Waals surface area contributed by atoms with Crippen molar-refractivity contribution in [3.63, 3.8) is 0 Å². The fraction of sp³-hybridized carbons (Fsp3) is 0.167. The van der Waals surface area contributed by atoms with Crippen LogP contribution in [-0.2, 0) is 6.54 Å². The lowest BCUT2D eigenvalue weighted by atomic mass is 10.1. The summed E-state index contributed by atoms with van der Waals surface area (Å²) in [5.41, 5.74) is 3.84. The zero-order chi connectivity index (χ0) is 16.5. The molecular weight excluding hydrogens is 304 g/mol. The SMILES string of the molecule is O=C(Nc1cccnc1)c1ccc2cc3n(c2c1)CCC/C3=N\O. The monoisotopic (exact) mass is 320 g/mol. The number of fused-ring (bicyclic) bond motifs is 3. The number of hydrogen-bond acceptors (Lipinski definition) is 4. The number of aromatic nitrogens is 2. The van der Waals surface area contributed by atoms with Crippen LogP contribution in [0.4, 0.5) is 5.69 Å². The van der Waals surface area contributed by atoms with Crippen molar-refractivity contribution in [3.05, 3.63) is 60.0 Å². The predicted molar refractivity (Wildman–Crippen MR) is 91.7 cm³/mol. The van der Waals surface area contributed by atoms with Crippen LogP contribution in [0.15, 0.2) is 53.9 Å². The Bertz CT molecular complexity index is 944. The van der Waals surface area contributed by atoms with Crippen LogP contribution in [0.1, 0.15) is 28.9 Å². The van der Waals surface area contributed by atoms with Gasteiger partial charge in [-0.15, -0.1) is 0 Å². The lowest BCUT2D eigenvalue weighted by Gasteiger charge is -2.17. The van der Waals surface area contributed by atoms with E-state index in [1.807, 2.05) is 18.2 Å². The minimum absolute atomic E-state index is 0.174. The molecule has 0 unspecified atom stereocenters. The van der Waals surface area contributed by atoms with Crippen molar-refractivity contribution in [3.8, 4) is 0 Å². The zero-order valence-corrected chi connectivity index (χ0v) is 12.9. The Kier molecular flexibility index (Phi) is 3.49. The molecule has 2 aromatic heterocycles. The maximum atomic E-state index is 12.5. The molecule has 0 fully saturated rings. The molecule has 0 spiro atoms. The molecule has 0 atom stereocenters. The number of anilines is 1. The summed E-state index contributed by atoms with van der Waals surface area (Å²) in [5.74, 6) is -0.174. The van der Waals surface area contributed by atoms with Gasteiger partial charge in [-0.1, -0.05) is 11.2 Å². The van der Waals surface area contributed by atoms with Gasteiger partial charge in [0, 0.05) is 29.2 Å². The van der Waals surface area contributed by atoms with Crippen molar-refractivity contribution in [2.45, 2.75) is 19.4 Å². The van der Waals surface area contributed by atoms with Gasteiger partial charge in [0.1, 0.15) is 5.71 Å². The summed E-state index contributed by atoms with van der Waals surface area (Å²) in [6.07, 6.45) is 4.96. The van der Waals surface area contributed by atoms with Gasteiger partial charge in [-0.25, -0.2) is 0 Å². The average molecular weight is 320 g/mol. The molecule has 0 aliphatic carbocycles. The van der Waals surface area contributed by atoms with Gasteiger partial charge in [0.2, 0.25) is 0 Å². The van der Waals surface area contributed by atoms with Crippen molar-refractivity contribution in [1.29, 1.82) is 0 Å². The van der Waals surface area contributed by atoms with Crippen LogP contribution >= 0.6 is 0 Å². The number of carbonyl (C=O) groups excluding carboxylic acids is 1. The lowest BCUT2D eigenvalue weighted by molar-refractivity contribution is 0.102. The van der Waals surface area contributed by atoms with E-state index in [2.05, 4.69) is 20.0 Å². The number of nitrogens with one attached hydrogen (secondary N) is 1. The van der Waals surface area contributed by atoms with Crippen LogP contribution in [-0.4, -0.2) is 26.4 Å². The molecule has 120 valence electrons. The number of carbonyl (C=O) groups is 1. The normalized spacial score (nSPS) is 15.4. The van der Waals surface area contributed by atoms with Crippen molar-refractivity contribution in [1.82, 2.24) is 9.55 Å². The second-order valence-corrected chi connectivity index (χ2v) is 5.80. The van der Waals surface area contributed by atoms with Gasteiger partial charge in [-0.2, -0.15) is 0 Å². The highest BCUT2D eigenvalue weighted by Crippen LogP contribution is 2.27. The largest absolute Gasteiger partial charge is 0.411 e. The second-order valence-electron chi connectivity index (χ2n) is 5.80. The molecule has 1 amide bonds. The number of pyridine rings is 1. The highest BCUT2D eigenvalue weighted by Gasteiger charge is 2.19. The molecular formula is C18H16N4O2. The molecule has 0 saturated heterocycles. The van der Waals surface area contributed by atoms with E-state index in [1.165, 1.54) is 0 Å². The molecule has 2 N–H and O–H groups in total. The second kappa shape index (κ2) is 5.81. The van der Waals surface area contributed by atoms with Gasteiger partial charge in [0.05, 0.1) is 17.6 Å². The molecule has 1 aromatic carbocycles. The third-order valence-corrected chi connectivity index (χ3v) is 4.30. The molecule has 6 heteroatoms. The molecule has 0 saturated carbocycles. The summed E-state index contributed by atoms with van der Waals surface area (Å²) in [4.78, 5) is 16.4. The smallest absolute Gasteiger partial charge is 0.255 e. The summed E-state index contributed by atoms with van der Waals surface area (Å²) in [5, 5.41) is 16.5. The number of amides is 1. The molecule has 24 heavy (non-hydrogen) atoms. The van der Waals surface area contributed by atoms with Crippen LogP contribution in [0.3, 0.4) is 0 Å². The molecule has 3 aromatic rings. The van der Waals surface area contributed by atoms with Crippen molar-refractivity contribution in [2.75, 3.05) is 5.32 Å². The third-order valence-electron chi connectivity index (χ3n) is 4.30. The van der Waals surface area contributed by atoms with E-state index in [0.717, 1.165) is 36.0 Å². The fourth-order valence-electron chi connectivity index (χ4n) is 3.15. The van der Waals surface area contributed by atoms with Crippen LogP contribution in [0.25, 0.3) is 10.9 Å². The van der Waals surface area contributed by atoms with Gasteiger partial charge in [-0.3, -0.25) is 9.78 Å². The standard InChI is InChI=1S/C18H16N4O2/c23-18(20-14-3-1-7-19-11-14)13-6-5-12-9-17-15(21-24)4-2-8-22(17)16(12)10-13/h1,3,5-7,9-11,24H,2,4,8H2,(H,20,23)/b21-15+. The number of hydrogen-bond donors (Lipinski definition) is 2. The van der Waals surface area contributed by atoms with Crippen LogP contribution < -0.4 is 5.32 Å². The van der Waals surface area contributed by atoms with E-state index >= 15 is 0 Å². The van der Waals surface area contributed by atoms with Gasteiger partial charge < -0.3 is 15.1 Å². The number of rotatable bonds is 2. The van der Waals surface area contributed by atoms with Crippen LogP contribution in [0, 0.1) is 0 Å². The Morgan fingerprint density at radius 2 is 2.21 bits per heavy atom. The molecule has 4 rings (SSSR count). The minimum Gasteiger partial charge on any atom is -0.411 e. The summed E-state index contributed by atoms with van der Waals surface area (Å²) in [7, 11) is 0. The lowest BCUT2D eigenvalue weighted by Crippen LogP contribution is -2.17. The highest BCUT2D eigenvalue weighted by molar-refractivity contribution is 6.08. The highest BCUT2D eigenvalue weighted by atomic mass is 16.4. The zero-order valence-electron chi connectivity index (χ0n) is 12.9. The molecule has 1 aliphatic rings. The molecule has 0 bridgehead atoms. The third kappa shape index (κ3) is 2.42. The summed E-state index contributed by atoms with van der Waals surface area (Å²) in [6.45, 7) is 0.853. The fourth-order valence-corrected chi connectivity index (χ4v) is 3.15. The Morgan fingerprint density at radius 1 is 1.29 bits per heavy atom. The minimum atomic E-state index is -0.174. The topological polar surface area (TPSA) is 79.5 Å². The van der Waals surface area contributed by atoms with Crippen LogP contribution in [0.5, 0.6) is 0 Å². The van der Waals surface area contributed by atoms with Gasteiger partial charge in [0.25, 0.3) is 5.91 Å². The summed E-state index contributed by atoms with van der Waals surface area (Å²) in [6, 6.07) is 11.2. The summed E-state index contributed by atoms with van der Waals surface area (Å²) < 4.78 is 2.11. The van der Waals surface area contributed by atoms with E-state index in [-0.39, 0.29) is 5.91 Å². The first-order chi connectivity index (χ1) is 11.8. The van der Waals surface area contributed by atoms with Crippen molar-refractivity contribution < 1.29 is 10.0 Å². The first-order valence-corrected chi connectivity index (χ1v) is 7.82. The molecule has 1 aliphatic heterocycles. The first-order valence-electron chi connectivity index (χ1n) is 7.82. The van der Waals surface area contributed by atoms with Gasteiger partial charge in [-0.05, 0) is 43.2 Å². The quantitative estimate of drug-likeness (QED) is 0.562. The maximum absolute atomic E-state index is 12.5. The maximum Gasteiger partial charge on any atom is 0.255 e. The Hall–Kier alpha value is -3.15. The predicted octanol–water partition coefficient (Wildman–Crippen LogP) is 3.26. The number of oxime groups is 1. The Balaban J connectivity index is 1.72. The van der Waals surface area contributed by atoms with E-state index in [4.69, 9.17) is 0 Å². The van der Waals surface area contributed by atoms with Gasteiger partial charge in [0.15, 0.2) is 0 Å². The van der Waals surface area contributed by atoms with E-state index in [1.54, 1.807) is 30.6 Å². The van der Waals surface area contributed by atoms with E-state index in [0.29, 0.717) is 17.0 Å². The number of aryl methyl sites for hydroxylation is 1. The molecule has 3 heterocycles. The van der Waals surface area contributed by atoms with Gasteiger partial charge >= 0.3 is 0 Å². The van der Waals surface area contributed by atoms with Crippen molar-refractivity contribution in [2.24, 2.45) is 5.16 Å². The molecule has 0 radical (unpaired) electrons. The number of nitrogens with zero attached hydrogens (tertiary/aromatic N) is 3. The number of benzene rings is 1. The van der Waals surface area contributed by atoms with E-state index in [9.17, 15) is 10.0 Å². The molecule has 6 nitrogen and oxygen atoms in total. The summed E-state index contributed by atoms with van der Waals surface area (Å²) >= 11 is 0. The average Bonchev–Trinajstić information content (AvgIpc) is 3.00. The van der Waals surface area contributed by atoms with Crippen LogP contribution in [0.2, 0.25) is 0 Å². The van der Waals surface area contributed by atoms with E-state index < -0.39 is 0 Å². The Morgan fingerprint density at radius 3 is 3.00 bits per heavy atom. The first kappa shape index (κ1) is 14.4. The Labute approximate surface area is 138 Å². The van der Waals surface area contributed by atoms with Crippen molar-refractivity contribution >= 4 is 28.2 Å².